The molecule has 2 nitrogen and oxygen atoms in total. The summed E-state index contributed by atoms with van der Waals surface area (Å²) >= 11 is 5.92. The van der Waals surface area contributed by atoms with Crippen LogP contribution in [-0.2, 0) is 5.41 Å². The molecule has 0 aliphatic carbocycles. The van der Waals surface area contributed by atoms with Crippen LogP contribution in [0.1, 0.15) is 39.2 Å². The third-order valence-electron chi connectivity index (χ3n) is 3.77. The highest BCUT2D eigenvalue weighted by Gasteiger charge is 2.41. The number of hydrogen-bond acceptors (Lipinski definition) is 2. The van der Waals surface area contributed by atoms with Gasteiger partial charge in [0.05, 0.1) is 0 Å². The van der Waals surface area contributed by atoms with E-state index in [0.717, 1.165) is 17.0 Å². The van der Waals surface area contributed by atoms with Crippen LogP contribution in [0.25, 0.3) is 0 Å². The molecule has 1 atom stereocenters. The predicted octanol–water partition coefficient (Wildman–Crippen LogP) is 3.11. The second-order valence-corrected chi connectivity index (χ2v) is 5.57. The van der Waals surface area contributed by atoms with Crippen molar-refractivity contribution in [2.24, 2.45) is 5.73 Å². The molecule has 0 spiro atoms. The molecular weight excluding hydrogens is 234 g/mol. The minimum absolute atomic E-state index is 0.136. The summed E-state index contributed by atoms with van der Waals surface area (Å²) in [4.78, 5) is 0. The van der Waals surface area contributed by atoms with Crippen molar-refractivity contribution in [3.63, 3.8) is 0 Å². The second kappa shape index (κ2) is 5.38. The molecule has 0 radical (unpaired) electrons. The Balaban J connectivity index is 3.26. The monoisotopic (exact) mass is 255 g/mol. The quantitative estimate of drug-likeness (QED) is 0.849. The van der Waals surface area contributed by atoms with Crippen molar-refractivity contribution in [2.75, 3.05) is 6.61 Å². The van der Waals surface area contributed by atoms with Gasteiger partial charge in [0.25, 0.3) is 0 Å². The molecule has 0 bridgehead atoms. The fraction of sp³-hybridized carbons (Fsp3) is 0.571. The fourth-order valence-corrected chi connectivity index (χ4v) is 2.76. The van der Waals surface area contributed by atoms with Crippen LogP contribution >= 0.6 is 11.6 Å². The molecule has 1 aromatic rings. The third-order valence-corrected chi connectivity index (χ3v) is 4.02. The van der Waals surface area contributed by atoms with Gasteiger partial charge in [-0.2, -0.15) is 0 Å². The lowest BCUT2D eigenvalue weighted by atomic mass is 9.63. The van der Waals surface area contributed by atoms with Gasteiger partial charge in [-0.05, 0) is 44.4 Å². The van der Waals surface area contributed by atoms with Gasteiger partial charge in [0.15, 0.2) is 0 Å². The maximum Gasteiger partial charge on any atom is 0.0440 e. The highest BCUT2D eigenvalue weighted by atomic mass is 35.5. The smallest absolute Gasteiger partial charge is 0.0440 e. The molecule has 0 fully saturated rings. The molecular formula is C14H22ClNO. The van der Waals surface area contributed by atoms with Crippen LogP contribution in [0.5, 0.6) is 0 Å². The first-order chi connectivity index (χ1) is 7.87. The number of hydrogen-bond donors (Lipinski definition) is 2. The van der Waals surface area contributed by atoms with Crippen LogP contribution in [0.15, 0.2) is 24.3 Å². The van der Waals surface area contributed by atoms with Gasteiger partial charge in [0, 0.05) is 22.6 Å². The van der Waals surface area contributed by atoms with Crippen molar-refractivity contribution in [1.29, 1.82) is 0 Å². The Labute approximate surface area is 109 Å². The van der Waals surface area contributed by atoms with Crippen molar-refractivity contribution < 1.29 is 5.11 Å². The number of aliphatic hydroxyl groups excluding tert-OH is 1. The molecule has 0 aliphatic rings. The van der Waals surface area contributed by atoms with Gasteiger partial charge in [0.1, 0.15) is 0 Å². The Morgan fingerprint density at radius 3 is 2.12 bits per heavy atom. The zero-order valence-electron chi connectivity index (χ0n) is 10.8. The molecule has 0 aromatic heterocycles. The van der Waals surface area contributed by atoms with Crippen LogP contribution < -0.4 is 5.73 Å². The first-order valence-electron chi connectivity index (χ1n) is 6.03. The van der Waals surface area contributed by atoms with Crippen LogP contribution in [-0.4, -0.2) is 17.3 Å². The summed E-state index contributed by atoms with van der Waals surface area (Å²) in [5.74, 6) is 0. The molecule has 1 aromatic carbocycles. The van der Waals surface area contributed by atoms with E-state index in [1.807, 2.05) is 38.1 Å². The SMILES string of the molecule is CCC(CCO)(c1ccc(Cl)cc1)C(C)(C)N. The Kier molecular flexibility index (Phi) is 4.59. The van der Waals surface area contributed by atoms with Gasteiger partial charge in [0.2, 0.25) is 0 Å². The Bertz CT molecular complexity index is 355. The molecule has 0 aliphatic heterocycles. The van der Waals surface area contributed by atoms with Crippen LogP contribution in [0.2, 0.25) is 5.02 Å². The molecule has 96 valence electrons. The van der Waals surface area contributed by atoms with Gasteiger partial charge >= 0.3 is 0 Å². The summed E-state index contributed by atoms with van der Waals surface area (Å²) in [5, 5.41) is 10.1. The van der Waals surface area contributed by atoms with Crippen molar-refractivity contribution >= 4 is 11.6 Å². The Morgan fingerprint density at radius 2 is 1.76 bits per heavy atom. The number of nitrogens with two attached hydrogens (primary N) is 1. The topological polar surface area (TPSA) is 46.2 Å². The maximum atomic E-state index is 9.33. The zero-order chi connectivity index (χ0) is 13.1. The van der Waals surface area contributed by atoms with E-state index in [1.54, 1.807) is 0 Å². The third kappa shape index (κ3) is 2.82. The normalized spacial score (nSPS) is 15.6. The molecule has 0 saturated heterocycles. The number of rotatable bonds is 5. The second-order valence-electron chi connectivity index (χ2n) is 5.14. The molecule has 3 heteroatoms. The summed E-state index contributed by atoms with van der Waals surface area (Å²) < 4.78 is 0. The summed E-state index contributed by atoms with van der Waals surface area (Å²) in [7, 11) is 0. The van der Waals surface area contributed by atoms with E-state index in [0.29, 0.717) is 6.42 Å². The van der Waals surface area contributed by atoms with Gasteiger partial charge in [-0.15, -0.1) is 0 Å². The molecule has 1 rings (SSSR count). The van der Waals surface area contributed by atoms with Gasteiger partial charge < -0.3 is 10.8 Å². The van der Waals surface area contributed by atoms with E-state index in [9.17, 15) is 5.11 Å². The summed E-state index contributed by atoms with van der Waals surface area (Å²) in [6, 6.07) is 7.78. The molecule has 17 heavy (non-hydrogen) atoms. The number of benzene rings is 1. The summed E-state index contributed by atoms with van der Waals surface area (Å²) in [6.07, 6.45) is 1.55. The lowest BCUT2D eigenvalue weighted by molar-refractivity contribution is 0.170. The highest BCUT2D eigenvalue weighted by molar-refractivity contribution is 6.30. The van der Waals surface area contributed by atoms with E-state index in [1.165, 1.54) is 0 Å². The maximum absolute atomic E-state index is 9.33. The minimum Gasteiger partial charge on any atom is -0.396 e. The molecule has 1 unspecified atom stereocenters. The lowest BCUT2D eigenvalue weighted by Crippen LogP contribution is -2.54. The van der Waals surface area contributed by atoms with Gasteiger partial charge in [-0.3, -0.25) is 0 Å². The molecule has 0 saturated carbocycles. The first kappa shape index (κ1) is 14.5. The van der Waals surface area contributed by atoms with Crippen LogP contribution in [0, 0.1) is 0 Å². The van der Waals surface area contributed by atoms with Crippen molar-refractivity contribution in [2.45, 2.75) is 44.6 Å². The minimum atomic E-state index is -0.391. The first-order valence-corrected chi connectivity index (χ1v) is 6.41. The Hall–Kier alpha value is -0.570. The van der Waals surface area contributed by atoms with E-state index >= 15 is 0 Å². The highest BCUT2D eigenvalue weighted by Crippen LogP contribution is 2.40. The summed E-state index contributed by atoms with van der Waals surface area (Å²) in [6.45, 7) is 6.28. The Morgan fingerprint density at radius 1 is 1.24 bits per heavy atom. The van der Waals surface area contributed by atoms with E-state index in [2.05, 4.69) is 6.92 Å². The van der Waals surface area contributed by atoms with E-state index in [4.69, 9.17) is 17.3 Å². The average molecular weight is 256 g/mol. The van der Waals surface area contributed by atoms with E-state index in [-0.39, 0.29) is 12.0 Å². The zero-order valence-corrected chi connectivity index (χ0v) is 11.6. The average Bonchev–Trinajstić information content (AvgIpc) is 2.25. The standard InChI is InChI=1S/C14H22ClNO/c1-4-14(9-10-17,13(2,3)16)11-5-7-12(15)8-6-11/h5-8,17H,4,9-10,16H2,1-3H3. The van der Waals surface area contributed by atoms with Crippen molar-refractivity contribution in [3.8, 4) is 0 Å². The largest absolute Gasteiger partial charge is 0.396 e. The number of aliphatic hydroxyl groups is 1. The fourth-order valence-electron chi connectivity index (χ4n) is 2.63. The van der Waals surface area contributed by atoms with Crippen LogP contribution in [0.3, 0.4) is 0 Å². The summed E-state index contributed by atoms with van der Waals surface area (Å²) in [5.41, 5.74) is 6.88. The number of halogens is 1. The molecule has 0 heterocycles. The van der Waals surface area contributed by atoms with E-state index < -0.39 is 5.54 Å². The van der Waals surface area contributed by atoms with Gasteiger partial charge in [-0.1, -0.05) is 30.7 Å². The predicted molar refractivity (Wildman–Crippen MR) is 73.4 cm³/mol. The van der Waals surface area contributed by atoms with Gasteiger partial charge in [-0.25, -0.2) is 0 Å². The van der Waals surface area contributed by atoms with Crippen molar-refractivity contribution in [3.05, 3.63) is 34.9 Å². The van der Waals surface area contributed by atoms with Crippen LogP contribution in [0.4, 0.5) is 0 Å². The molecule has 3 N–H and O–H groups in total. The molecule has 0 amide bonds. The van der Waals surface area contributed by atoms with Crippen molar-refractivity contribution in [1.82, 2.24) is 0 Å². The lowest BCUT2D eigenvalue weighted by Gasteiger charge is -2.44.